The molecule has 2 rings (SSSR count). The van der Waals surface area contributed by atoms with Crippen molar-refractivity contribution in [1.29, 1.82) is 0 Å². The maximum atomic E-state index is 12.0. The molecule has 4 N–H and O–H groups in total. The van der Waals surface area contributed by atoms with E-state index >= 15 is 0 Å². The van der Waals surface area contributed by atoms with Crippen molar-refractivity contribution in [3.8, 4) is 5.75 Å². The Bertz CT molecular complexity index is 868. The third kappa shape index (κ3) is 5.99. The Morgan fingerprint density at radius 3 is 2.63 bits per heavy atom. The summed E-state index contributed by atoms with van der Waals surface area (Å²) in [6, 6.07) is 6.91. The van der Waals surface area contributed by atoms with Gasteiger partial charge in [0.05, 0.1) is 18.8 Å². The van der Waals surface area contributed by atoms with E-state index in [4.69, 9.17) is 15.7 Å². The molecule has 0 unspecified atom stereocenters. The molecule has 0 atom stereocenters. The quantitative estimate of drug-likeness (QED) is 0.409. The molecule has 11 heteroatoms. The number of anilines is 1. The largest absolute Gasteiger partial charge is 0.494 e. The summed E-state index contributed by atoms with van der Waals surface area (Å²) in [6.07, 6.45) is -0.317. The van der Waals surface area contributed by atoms with Gasteiger partial charge in [-0.1, -0.05) is 11.8 Å². The van der Waals surface area contributed by atoms with Gasteiger partial charge in [-0.05, 0) is 31.2 Å². The highest BCUT2D eigenvalue weighted by atomic mass is 32.2. The average Bonchev–Trinajstić information content (AvgIpc) is 2.64. The van der Waals surface area contributed by atoms with Crippen LogP contribution in [0.4, 0.5) is 5.69 Å². The SMILES string of the molecule is CCOc1ccc(NC(=O)CSc2nnc(CCC(=O)O)c(=O)n2N)cc1. The number of hydrogen-bond donors (Lipinski definition) is 3. The molecule has 0 spiro atoms. The van der Waals surface area contributed by atoms with Crippen LogP contribution in [0.3, 0.4) is 0 Å². The van der Waals surface area contributed by atoms with Crippen LogP contribution in [-0.4, -0.2) is 44.2 Å². The Hall–Kier alpha value is -3.08. The highest BCUT2D eigenvalue weighted by Crippen LogP contribution is 2.17. The molecule has 1 heterocycles. The van der Waals surface area contributed by atoms with Gasteiger partial charge in [-0.15, -0.1) is 10.2 Å². The molecule has 27 heavy (non-hydrogen) atoms. The molecule has 10 nitrogen and oxygen atoms in total. The number of carboxylic acid groups (broad SMARTS) is 1. The Morgan fingerprint density at radius 1 is 1.30 bits per heavy atom. The van der Waals surface area contributed by atoms with Crippen LogP contribution in [0.1, 0.15) is 19.0 Å². The minimum absolute atomic E-state index is 0.0347. The van der Waals surface area contributed by atoms with Gasteiger partial charge < -0.3 is 21.0 Å². The van der Waals surface area contributed by atoms with E-state index in [9.17, 15) is 14.4 Å². The van der Waals surface area contributed by atoms with Gasteiger partial charge in [-0.2, -0.15) is 4.68 Å². The predicted molar refractivity (Wildman–Crippen MR) is 99.4 cm³/mol. The number of ether oxygens (including phenoxy) is 1. The van der Waals surface area contributed by atoms with Gasteiger partial charge in [0, 0.05) is 12.1 Å². The summed E-state index contributed by atoms with van der Waals surface area (Å²) in [5.41, 5.74) is -0.0759. The number of carboxylic acids is 1. The van der Waals surface area contributed by atoms with Crippen molar-refractivity contribution in [1.82, 2.24) is 14.9 Å². The number of rotatable bonds is 9. The number of nitrogen functional groups attached to an aromatic ring is 1. The number of aryl methyl sites for hydroxylation is 1. The molecule has 0 radical (unpaired) electrons. The summed E-state index contributed by atoms with van der Waals surface area (Å²) >= 11 is 0.944. The predicted octanol–water partition coefficient (Wildman–Crippen LogP) is 0.499. The molecule has 0 bridgehead atoms. The normalized spacial score (nSPS) is 10.4. The summed E-state index contributed by atoms with van der Waals surface area (Å²) in [5.74, 6) is 4.97. The number of hydrogen-bond acceptors (Lipinski definition) is 8. The summed E-state index contributed by atoms with van der Waals surface area (Å²) in [4.78, 5) is 34.6. The van der Waals surface area contributed by atoms with Crippen LogP contribution in [0.25, 0.3) is 0 Å². The molecule has 0 aliphatic heterocycles. The zero-order valence-electron chi connectivity index (χ0n) is 14.5. The van der Waals surface area contributed by atoms with Crippen molar-refractivity contribution >= 4 is 29.3 Å². The van der Waals surface area contributed by atoms with Crippen LogP contribution in [0.5, 0.6) is 5.75 Å². The third-order valence-electron chi connectivity index (χ3n) is 3.29. The van der Waals surface area contributed by atoms with Crippen molar-refractivity contribution in [2.75, 3.05) is 23.5 Å². The van der Waals surface area contributed by atoms with Crippen molar-refractivity contribution in [2.45, 2.75) is 24.9 Å². The van der Waals surface area contributed by atoms with E-state index in [0.29, 0.717) is 18.0 Å². The number of nitrogens with zero attached hydrogens (tertiary/aromatic N) is 3. The van der Waals surface area contributed by atoms with E-state index in [1.165, 1.54) is 0 Å². The second-order valence-corrected chi connectivity index (χ2v) is 6.23. The highest BCUT2D eigenvalue weighted by Gasteiger charge is 2.13. The van der Waals surface area contributed by atoms with E-state index in [-0.39, 0.29) is 35.4 Å². The molecule has 2 aromatic rings. The first-order chi connectivity index (χ1) is 12.9. The standard InChI is InChI=1S/C16H19N5O5S/c1-2-26-11-5-3-10(4-6-11)18-13(22)9-27-16-20-19-12(7-8-14(23)24)15(25)21(16)17/h3-6H,2,7-9,17H2,1H3,(H,18,22)(H,23,24). The van der Waals surface area contributed by atoms with E-state index in [1.54, 1.807) is 24.3 Å². The van der Waals surface area contributed by atoms with Crippen molar-refractivity contribution in [2.24, 2.45) is 0 Å². The molecule has 144 valence electrons. The number of nitrogens with two attached hydrogens (primary N) is 1. The lowest BCUT2D eigenvalue weighted by Crippen LogP contribution is -2.34. The van der Waals surface area contributed by atoms with Crippen LogP contribution in [0.2, 0.25) is 0 Å². The fourth-order valence-electron chi connectivity index (χ4n) is 2.03. The van der Waals surface area contributed by atoms with Gasteiger partial charge in [0.1, 0.15) is 11.4 Å². The number of nitrogens with one attached hydrogen (secondary N) is 1. The molecular formula is C16H19N5O5S. The molecule has 1 amide bonds. The lowest BCUT2D eigenvalue weighted by atomic mass is 10.2. The monoisotopic (exact) mass is 393 g/mol. The fourth-order valence-corrected chi connectivity index (χ4v) is 2.68. The van der Waals surface area contributed by atoms with E-state index in [1.807, 2.05) is 6.92 Å². The highest BCUT2D eigenvalue weighted by molar-refractivity contribution is 7.99. The minimum Gasteiger partial charge on any atom is -0.494 e. The minimum atomic E-state index is -1.05. The lowest BCUT2D eigenvalue weighted by molar-refractivity contribution is -0.137. The number of carbonyl (C=O) groups excluding carboxylic acids is 1. The first-order valence-corrected chi connectivity index (χ1v) is 9.00. The van der Waals surface area contributed by atoms with Crippen molar-refractivity contribution in [3.63, 3.8) is 0 Å². The third-order valence-corrected chi connectivity index (χ3v) is 4.23. The first kappa shape index (κ1) is 20.2. The number of thioether (sulfide) groups is 1. The molecule has 0 aliphatic carbocycles. The Kier molecular flexibility index (Phi) is 7.17. The molecular weight excluding hydrogens is 374 g/mol. The van der Waals surface area contributed by atoms with E-state index in [2.05, 4.69) is 15.5 Å². The fraction of sp³-hybridized carbons (Fsp3) is 0.312. The van der Waals surface area contributed by atoms with Gasteiger partial charge in [0.15, 0.2) is 0 Å². The maximum absolute atomic E-state index is 12.0. The van der Waals surface area contributed by atoms with Crippen molar-refractivity contribution in [3.05, 3.63) is 40.3 Å². The van der Waals surface area contributed by atoms with Crippen LogP contribution in [-0.2, 0) is 16.0 Å². The summed E-state index contributed by atoms with van der Waals surface area (Å²) in [7, 11) is 0. The zero-order chi connectivity index (χ0) is 19.8. The summed E-state index contributed by atoms with van der Waals surface area (Å²) in [5, 5.41) is 18.9. The smallest absolute Gasteiger partial charge is 0.303 e. The second kappa shape index (κ2) is 9.57. The summed E-state index contributed by atoms with van der Waals surface area (Å²) < 4.78 is 6.09. The van der Waals surface area contributed by atoms with Crippen LogP contribution >= 0.6 is 11.8 Å². The maximum Gasteiger partial charge on any atom is 0.303 e. The van der Waals surface area contributed by atoms with Gasteiger partial charge in [-0.3, -0.25) is 14.4 Å². The van der Waals surface area contributed by atoms with Gasteiger partial charge in [0.25, 0.3) is 5.56 Å². The zero-order valence-corrected chi connectivity index (χ0v) is 15.4. The van der Waals surface area contributed by atoms with Gasteiger partial charge in [0.2, 0.25) is 11.1 Å². The van der Waals surface area contributed by atoms with Gasteiger partial charge >= 0.3 is 5.97 Å². The molecule has 0 saturated carbocycles. The second-order valence-electron chi connectivity index (χ2n) is 5.29. The van der Waals surface area contributed by atoms with Crippen molar-refractivity contribution < 1.29 is 19.4 Å². The number of aromatic nitrogens is 3. The molecule has 1 aromatic carbocycles. The molecule has 0 fully saturated rings. The lowest BCUT2D eigenvalue weighted by Gasteiger charge is -2.08. The van der Waals surface area contributed by atoms with Crippen LogP contribution in [0, 0.1) is 0 Å². The summed E-state index contributed by atoms with van der Waals surface area (Å²) in [6.45, 7) is 2.44. The van der Waals surface area contributed by atoms with Gasteiger partial charge in [-0.25, -0.2) is 0 Å². The molecule has 0 saturated heterocycles. The van der Waals surface area contributed by atoms with Crippen LogP contribution in [0.15, 0.2) is 34.2 Å². The number of aliphatic carboxylic acids is 1. The number of amides is 1. The molecule has 0 aliphatic rings. The van der Waals surface area contributed by atoms with E-state index < -0.39 is 11.5 Å². The Morgan fingerprint density at radius 2 is 2.00 bits per heavy atom. The average molecular weight is 393 g/mol. The number of benzene rings is 1. The Balaban J connectivity index is 1.93. The Labute approximate surface area is 158 Å². The van der Waals surface area contributed by atoms with Crippen LogP contribution < -0.4 is 21.5 Å². The molecule has 1 aromatic heterocycles. The van der Waals surface area contributed by atoms with E-state index in [0.717, 1.165) is 16.4 Å². The number of carbonyl (C=O) groups is 2. The topological polar surface area (TPSA) is 149 Å². The first-order valence-electron chi connectivity index (χ1n) is 8.01.